The van der Waals surface area contributed by atoms with Crippen LogP contribution < -0.4 is 10.2 Å². The van der Waals surface area contributed by atoms with Gasteiger partial charge < -0.3 is 10.2 Å². The number of pyridine rings is 1. The number of piperidine rings is 1. The molecule has 8 heteroatoms. The van der Waals surface area contributed by atoms with Crippen LogP contribution in [0.2, 0.25) is 0 Å². The third-order valence-electron chi connectivity index (χ3n) is 5.51. The number of amides is 1. The fourth-order valence-corrected chi connectivity index (χ4v) is 4.01. The van der Waals surface area contributed by atoms with Crippen LogP contribution in [0.4, 0.5) is 11.4 Å². The van der Waals surface area contributed by atoms with E-state index in [1.54, 1.807) is 29.3 Å². The van der Waals surface area contributed by atoms with Gasteiger partial charge in [-0.1, -0.05) is 0 Å². The second-order valence-electron chi connectivity index (χ2n) is 7.65. The van der Waals surface area contributed by atoms with Gasteiger partial charge in [0.25, 0.3) is 5.91 Å². The second kappa shape index (κ2) is 7.62. The predicted molar refractivity (Wildman–Crippen MR) is 117 cm³/mol. The molecule has 152 valence electrons. The molecule has 0 bridgehead atoms. The number of hydrogen-bond donors (Lipinski definition) is 2. The number of rotatable bonds is 4. The Balaban J connectivity index is 1.49. The molecule has 1 aromatic carbocycles. The normalized spacial score (nSPS) is 14.2. The van der Waals surface area contributed by atoms with Gasteiger partial charge in [0.2, 0.25) is 0 Å². The average Bonchev–Trinajstić information content (AvgIpc) is 3.43. The van der Waals surface area contributed by atoms with E-state index in [2.05, 4.69) is 36.6 Å². The zero-order valence-corrected chi connectivity index (χ0v) is 16.8. The largest absolute Gasteiger partial charge is 0.370 e. The maximum Gasteiger partial charge on any atom is 0.274 e. The van der Waals surface area contributed by atoms with Crippen LogP contribution in [-0.2, 0) is 7.05 Å². The van der Waals surface area contributed by atoms with E-state index in [0.717, 1.165) is 59.3 Å². The number of H-pyrrole nitrogens is 1. The zero-order valence-electron chi connectivity index (χ0n) is 16.8. The molecule has 8 nitrogen and oxygen atoms in total. The molecule has 0 aliphatic carbocycles. The molecule has 0 atom stereocenters. The number of benzene rings is 1. The van der Waals surface area contributed by atoms with Gasteiger partial charge >= 0.3 is 0 Å². The molecule has 2 N–H and O–H groups in total. The Morgan fingerprint density at radius 2 is 2.00 bits per heavy atom. The number of anilines is 2. The van der Waals surface area contributed by atoms with Gasteiger partial charge in [-0.15, -0.1) is 0 Å². The topological polar surface area (TPSA) is 91.7 Å². The third-order valence-corrected chi connectivity index (χ3v) is 5.51. The molecular weight excluding hydrogens is 378 g/mol. The van der Waals surface area contributed by atoms with Crippen LogP contribution in [0.3, 0.4) is 0 Å². The van der Waals surface area contributed by atoms with E-state index in [1.807, 2.05) is 25.4 Å². The first-order valence-electron chi connectivity index (χ1n) is 10.2. The maximum atomic E-state index is 13.1. The summed E-state index contributed by atoms with van der Waals surface area (Å²) < 4.78 is 1.80. The fraction of sp³-hybridized carbons (Fsp3) is 0.273. The number of nitrogens with zero attached hydrogens (tertiary/aromatic N) is 5. The van der Waals surface area contributed by atoms with Gasteiger partial charge in [-0.3, -0.25) is 19.6 Å². The number of hydrogen-bond acceptors (Lipinski definition) is 5. The molecule has 1 fully saturated rings. The summed E-state index contributed by atoms with van der Waals surface area (Å²) in [5, 5.41) is 15.4. The Kier molecular flexibility index (Phi) is 4.66. The van der Waals surface area contributed by atoms with E-state index >= 15 is 0 Å². The molecular formula is C22H23N7O. The maximum absolute atomic E-state index is 13.1. The number of aromatic nitrogens is 5. The highest BCUT2D eigenvalue weighted by Crippen LogP contribution is 2.33. The zero-order chi connectivity index (χ0) is 20.5. The molecule has 30 heavy (non-hydrogen) atoms. The van der Waals surface area contributed by atoms with E-state index in [0.29, 0.717) is 5.69 Å². The molecule has 0 unspecified atom stereocenters. The summed E-state index contributed by atoms with van der Waals surface area (Å²) in [7, 11) is 1.91. The molecule has 1 aliphatic rings. The Bertz CT molecular complexity index is 1190. The number of aryl methyl sites for hydroxylation is 1. The number of carbonyl (C=O) groups is 1. The first kappa shape index (κ1) is 18.4. The van der Waals surface area contributed by atoms with E-state index < -0.39 is 0 Å². The molecule has 0 radical (unpaired) electrons. The molecule has 1 amide bonds. The molecule has 1 aliphatic heterocycles. The number of carbonyl (C=O) groups excluding carboxylic acids is 1. The molecule has 0 saturated carbocycles. The van der Waals surface area contributed by atoms with Crippen molar-refractivity contribution in [2.24, 2.45) is 7.05 Å². The van der Waals surface area contributed by atoms with Crippen LogP contribution in [0.25, 0.3) is 22.0 Å². The van der Waals surface area contributed by atoms with Gasteiger partial charge in [0.05, 0.1) is 23.1 Å². The lowest BCUT2D eigenvalue weighted by Gasteiger charge is -2.30. The Hall–Kier alpha value is -3.68. The van der Waals surface area contributed by atoms with Crippen molar-refractivity contribution in [1.82, 2.24) is 25.0 Å². The van der Waals surface area contributed by atoms with Crippen LogP contribution in [-0.4, -0.2) is 44.0 Å². The first-order valence-corrected chi connectivity index (χ1v) is 10.2. The smallest absolute Gasteiger partial charge is 0.274 e. The number of aromatic amines is 1. The van der Waals surface area contributed by atoms with Gasteiger partial charge in [-0.05, 0) is 49.1 Å². The summed E-state index contributed by atoms with van der Waals surface area (Å²) in [6, 6.07) is 7.72. The number of fused-ring (bicyclic) bond motifs is 1. The van der Waals surface area contributed by atoms with Crippen molar-refractivity contribution < 1.29 is 4.79 Å². The lowest BCUT2D eigenvalue weighted by atomic mass is 10.1. The Morgan fingerprint density at radius 3 is 2.80 bits per heavy atom. The highest BCUT2D eigenvalue weighted by Gasteiger charge is 2.19. The van der Waals surface area contributed by atoms with Crippen molar-refractivity contribution >= 4 is 28.2 Å². The van der Waals surface area contributed by atoms with Gasteiger partial charge in [0, 0.05) is 49.7 Å². The molecule has 0 spiro atoms. The van der Waals surface area contributed by atoms with Gasteiger partial charge in [-0.25, -0.2) is 0 Å². The van der Waals surface area contributed by atoms with Crippen molar-refractivity contribution in [3.63, 3.8) is 0 Å². The monoisotopic (exact) mass is 401 g/mol. The minimum Gasteiger partial charge on any atom is -0.370 e. The highest BCUT2D eigenvalue weighted by molar-refractivity contribution is 6.07. The third kappa shape index (κ3) is 3.52. The van der Waals surface area contributed by atoms with Crippen molar-refractivity contribution in [2.75, 3.05) is 23.3 Å². The highest BCUT2D eigenvalue weighted by atomic mass is 16.1. The molecule has 3 aromatic heterocycles. The summed E-state index contributed by atoms with van der Waals surface area (Å²) in [6.07, 6.45) is 10.7. The summed E-state index contributed by atoms with van der Waals surface area (Å²) >= 11 is 0. The van der Waals surface area contributed by atoms with Crippen molar-refractivity contribution in [3.05, 3.63) is 54.7 Å². The standard InChI is InChI=1S/C22H23N7O/c1-28-14-16-10-19(21(11-18(16)27-28)29-7-3-2-4-8-29)26-22(30)20-9-15(5-6-23-20)17-12-24-25-13-17/h5-6,9-14H,2-4,7-8H2,1H3,(H,24,25)(H,26,30). The average molecular weight is 401 g/mol. The Labute approximate surface area is 173 Å². The summed E-state index contributed by atoms with van der Waals surface area (Å²) in [5.41, 5.74) is 4.90. The summed E-state index contributed by atoms with van der Waals surface area (Å²) in [6.45, 7) is 1.96. The van der Waals surface area contributed by atoms with Gasteiger partial charge in [0.15, 0.2) is 0 Å². The van der Waals surface area contributed by atoms with Crippen molar-refractivity contribution in [3.8, 4) is 11.1 Å². The van der Waals surface area contributed by atoms with E-state index in [1.165, 1.54) is 6.42 Å². The van der Waals surface area contributed by atoms with Crippen LogP contribution in [0.15, 0.2) is 49.1 Å². The molecule has 1 saturated heterocycles. The number of nitrogens with one attached hydrogen (secondary N) is 2. The van der Waals surface area contributed by atoms with Crippen LogP contribution in [0.1, 0.15) is 29.8 Å². The van der Waals surface area contributed by atoms with E-state index in [-0.39, 0.29) is 5.91 Å². The minimum absolute atomic E-state index is 0.234. The van der Waals surface area contributed by atoms with E-state index in [9.17, 15) is 4.79 Å². The predicted octanol–water partition coefficient (Wildman–Crippen LogP) is 3.60. The van der Waals surface area contributed by atoms with Gasteiger partial charge in [0.1, 0.15) is 5.69 Å². The molecule has 4 aromatic rings. The Morgan fingerprint density at radius 1 is 1.13 bits per heavy atom. The SMILES string of the molecule is Cn1cc2cc(NC(=O)c3cc(-c4cn[nH]c4)ccn3)c(N3CCCCC3)cc2n1. The molecule has 5 rings (SSSR count). The second-order valence-corrected chi connectivity index (χ2v) is 7.65. The fourth-order valence-electron chi connectivity index (χ4n) is 4.01. The quantitative estimate of drug-likeness (QED) is 0.545. The summed E-state index contributed by atoms with van der Waals surface area (Å²) in [4.78, 5) is 19.7. The van der Waals surface area contributed by atoms with E-state index in [4.69, 9.17) is 0 Å². The van der Waals surface area contributed by atoms with Crippen LogP contribution in [0, 0.1) is 0 Å². The summed E-state index contributed by atoms with van der Waals surface area (Å²) in [5.74, 6) is -0.234. The molecule has 4 heterocycles. The van der Waals surface area contributed by atoms with Crippen molar-refractivity contribution in [2.45, 2.75) is 19.3 Å². The lowest BCUT2D eigenvalue weighted by molar-refractivity contribution is 0.102. The van der Waals surface area contributed by atoms with Crippen LogP contribution in [0.5, 0.6) is 0 Å². The lowest BCUT2D eigenvalue weighted by Crippen LogP contribution is -2.30. The minimum atomic E-state index is -0.234. The van der Waals surface area contributed by atoms with Crippen LogP contribution >= 0.6 is 0 Å². The first-order chi connectivity index (χ1) is 14.7. The van der Waals surface area contributed by atoms with Crippen molar-refractivity contribution in [1.29, 1.82) is 0 Å². The van der Waals surface area contributed by atoms with Gasteiger partial charge in [-0.2, -0.15) is 10.2 Å².